The third-order valence-electron chi connectivity index (χ3n) is 3.07. The molecule has 112 valence electrons. The van der Waals surface area contributed by atoms with Crippen molar-refractivity contribution in [2.75, 3.05) is 12.4 Å². The van der Waals surface area contributed by atoms with Gasteiger partial charge in [-0.2, -0.15) is 0 Å². The van der Waals surface area contributed by atoms with Crippen molar-refractivity contribution < 1.29 is 23.0 Å². The van der Waals surface area contributed by atoms with Crippen molar-refractivity contribution in [1.82, 2.24) is 0 Å². The Morgan fingerprint density at radius 1 is 1.10 bits per heavy atom. The number of benzene rings is 2. The first kappa shape index (κ1) is 15.0. The molecule has 0 fully saturated rings. The van der Waals surface area contributed by atoms with E-state index in [-0.39, 0.29) is 5.75 Å². The predicted octanol–water partition coefficient (Wildman–Crippen LogP) is 3.99. The maximum Gasteiger partial charge on any atom is 0.152 e. The lowest BCUT2D eigenvalue weighted by Crippen LogP contribution is -2.10. The molecule has 0 radical (unpaired) electrons. The highest BCUT2D eigenvalue weighted by Crippen LogP contribution is 2.32. The first-order valence-electron chi connectivity index (χ1n) is 6.20. The Morgan fingerprint density at radius 2 is 1.71 bits per heavy atom. The quantitative estimate of drug-likeness (QED) is 0.896. The van der Waals surface area contributed by atoms with Gasteiger partial charge >= 0.3 is 0 Å². The second-order valence-electron chi connectivity index (χ2n) is 4.54. The molecule has 2 aromatic carbocycles. The van der Waals surface area contributed by atoms with Crippen LogP contribution in [0.5, 0.6) is 11.5 Å². The summed E-state index contributed by atoms with van der Waals surface area (Å²) in [5, 5.41) is 12.4. The molecular formula is C15H14F3NO2. The van der Waals surface area contributed by atoms with Crippen molar-refractivity contribution in [2.45, 2.75) is 13.0 Å². The monoisotopic (exact) mass is 297 g/mol. The van der Waals surface area contributed by atoms with Crippen molar-refractivity contribution in [3.05, 3.63) is 53.3 Å². The van der Waals surface area contributed by atoms with Gasteiger partial charge in [0.25, 0.3) is 0 Å². The van der Waals surface area contributed by atoms with E-state index in [1.165, 1.54) is 13.2 Å². The SMILES string of the molecule is COc1ccc(O)c(C(C)Nc2c(F)cc(F)cc2F)c1. The largest absolute Gasteiger partial charge is 0.508 e. The van der Waals surface area contributed by atoms with E-state index < -0.39 is 29.2 Å². The van der Waals surface area contributed by atoms with Crippen molar-refractivity contribution >= 4 is 5.69 Å². The van der Waals surface area contributed by atoms with E-state index >= 15 is 0 Å². The number of ether oxygens (including phenoxy) is 1. The highest BCUT2D eigenvalue weighted by atomic mass is 19.1. The number of phenolic OH excluding ortho intramolecular Hbond substituents is 1. The molecule has 0 spiro atoms. The summed E-state index contributed by atoms with van der Waals surface area (Å²) in [6.45, 7) is 1.61. The lowest BCUT2D eigenvalue weighted by atomic mass is 10.1. The Labute approximate surface area is 120 Å². The van der Waals surface area contributed by atoms with Gasteiger partial charge in [-0.3, -0.25) is 0 Å². The molecule has 0 heterocycles. The minimum absolute atomic E-state index is 0.0428. The molecule has 0 aromatic heterocycles. The van der Waals surface area contributed by atoms with E-state index in [1.54, 1.807) is 19.1 Å². The molecule has 0 aliphatic carbocycles. The zero-order valence-corrected chi connectivity index (χ0v) is 11.5. The zero-order chi connectivity index (χ0) is 15.6. The maximum absolute atomic E-state index is 13.6. The van der Waals surface area contributed by atoms with Gasteiger partial charge in [0.05, 0.1) is 13.2 Å². The fourth-order valence-corrected chi connectivity index (χ4v) is 1.98. The molecule has 0 saturated carbocycles. The normalized spacial score (nSPS) is 12.0. The van der Waals surface area contributed by atoms with Crippen LogP contribution in [0.4, 0.5) is 18.9 Å². The van der Waals surface area contributed by atoms with E-state index in [0.29, 0.717) is 23.4 Å². The van der Waals surface area contributed by atoms with Gasteiger partial charge in [-0.05, 0) is 25.1 Å². The minimum Gasteiger partial charge on any atom is -0.508 e. The van der Waals surface area contributed by atoms with Gasteiger partial charge in [-0.25, -0.2) is 13.2 Å². The first-order valence-corrected chi connectivity index (χ1v) is 6.20. The highest BCUT2D eigenvalue weighted by molar-refractivity contribution is 5.51. The topological polar surface area (TPSA) is 41.5 Å². The predicted molar refractivity (Wildman–Crippen MR) is 73.0 cm³/mol. The van der Waals surface area contributed by atoms with Crippen molar-refractivity contribution in [1.29, 1.82) is 0 Å². The first-order chi connectivity index (χ1) is 9.92. The lowest BCUT2D eigenvalue weighted by Gasteiger charge is -2.18. The molecule has 2 rings (SSSR count). The number of hydrogen-bond donors (Lipinski definition) is 2. The van der Waals surface area contributed by atoms with E-state index in [0.717, 1.165) is 0 Å². The van der Waals surface area contributed by atoms with Crippen LogP contribution in [0.3, 0.4) is 0 Å². The Bertz CT molecular complexity index is 638. The zero-order valence-electron chi connectivity index (χ0n) is 11.5. The third-order valence-corrected chi connectivity index (χ3v) is 3.07. The van der Waals surface area contributed by atoms with Crippen LogP contribution in [0.25, 0.3) is 0 Å². The Hall–Kier alpha value is -2.37. The second-order valence-corrected chi connectivity index (χ2v) is 4.54. The number of aromatic hydroxyl groups is 1. The summed E-state index contributed by atoms with van der Waals surface area (Å²) in [7, 11) is 1.47. The van der Waals surface area contributed by atoms with Crippen LogP contribution in [-0.4, -0.2) is 12.2 Å². The number of methoxy groups -OCH3 is 1. The molecule has 6 heteroatoms. The fraction of sp³-hybridized carbons (Fsp3) is 0.200. The molecule has 1 unspecified atom stereocenters. The summed E-state index contributed by atoms with van der Waals surface area (Å²) in [6.07, 6.45) is 0. The number of hydrogen-bond acceptors (Lipinski definition) is 3. The number of halogens is 3. The third kappa shape index (κ3) is 3.21. The molecular weight excluding hydrogens is 283 g/mol. The van der Waals surface area contributed by atoms with E-state index in [1.807, 2.05) is 0 Å². The molecule has 0 aliphatic rings. The second kappa shape index (κ2) is 5.95. The molecule has 0 saturated heterocycles. The standard InChI is InChI=1S/C15H14F3NO2/c1-8(11-7-10(21-2)3-4-14(11)20)19-15-12(17)5-9(16)6-13(15)18/h3-8,19-20H,1-2H3. The van der Waals surface area contributed by atoms with Crippen LogP contribution in [-0.2, 0) is 0 Å². The Kier molecular flexibility index (Phi) is 4.26. The van der Waals surface area contributed by atoms with Crippen LogP contribution < -0.4 is 10.1 Å². The molecule has 21 heavy (non-hydrogen) atoms. The summed E-state index contributed by atoms with van der Waals surface area (Å²) in [5.74, 6) is -2.62. The minimum atomic E-state index is -1.04. The molecule has 3 nitrogen and oxygen atoms in total. The summed E-state index contributed by atoms with van der Waals surface area (Å²) >= 11 is 0. The number of anilines is 1. The summed E-state index contributed by atoms with van der Waals surface area (Å²) in [4.78, 5) is 0. The number of rotatable bonds is 4. The van der Waals surface area contributed by atoms with Crippen molar-refractivity contribution in [3.63, 3.8) is 0 Å². The van der Waals surface area contributed by atoms with Crippen LogP contribution in [0.15, 0.2) is 30.3 Å². The Balaban J connectivity index is 2.32. The van der Waals surface area contributed by atoms with Crippen LogP contribution in [0, 0.1) is 17.5 Å². The Morgan fingerprint density at radius 3 is 2.29 bits per heavy atom. The maximum atomic E-state index is 13.6. The number of nitrogens with one attached hydrogen (secondary N) is 1. The fourth-order valence-electron chi connectivity index (χ4n) is 1.98. The van der Waals surface area contributed by atoms with Gasteiger partial charge in [0, 0.05) is 17.7 Å². The molecule has 1 atom stereocenters. The van der Waals surface area contributed by atoms with Gasteiger partial charge in [-0.15, -0.1) is 0 Å². The summed E-state index contributed by atoms with van der Waals surface area (Å²) in [5.41, 5.74) is -0.0522. The smallest absolute Gasteiger partial charge is 0.152 e. The van der Waals surface area contributed by atoms with Crippen molar-refractivity contribution in [2.24, 2.45) is 0 Å². The van der Waals surface area contributed by atoms with E-state index in [9.17, 15) is 18.3 Å². The highest BCUT2D eigenvalue weighted by Gasteiger charge is 2.17. The molecule has 0 aliphatic heterocycles. The number of phenols is 1. The molecule has 0 amide bonds. The van der Waals surface area contributed by atoms with Crippen LogP contribution in [0.1, 0.15) is 18.5 Å². The molecule has 0 bridgehead atoms. The van der Waals surface area contributed by atoms with Gasteiger partial charge < -0.3 is 15.2 Å². The van der Waals surface area contributed by atoms with E-state index in [2.05, 4.69) is 5.32 Å². The summed E-state index contributed by atoms with van der Waals surface area (Å²) < 4.78 is 45.1. The van der Waals surface area contributed by atoms with Crippen LogP contribution >= 0.6 is 0 Å². The van der Waals surface area contributed by atoms with Crippen LogP contribution in [0.2, 0.25) is 0 Å². The molecule has 2 N–H and O–H groups in total. The van der Waals surface area contributed by atoms with Gasteiger partial charge in [-0.1, -0.05) is 0 Å². The van der Waals surface area contributed by atoms with Gasteiger partial charge in [0.15, 0.2) is 11.6 Å². The average molecular weight is 297 g/mol. The van der Waals surface area contributed by atoms with Gasteiger partial charge in [0.1, 0.15) is 23.0 Å². The van der Waals surface area contributed by atoms with Crippen molar-refractivity contribution in [3.8, 4) is 11.5 Å². The van der Waals surface area contributed by atoms with Gasteiger partial charge in [0.2, 0.25) is 0 Å². The summed E-state index contributed by atoms with van der Waals surface area (Å²) in [6, 6.07) is 5.09. The van der Waals surface area contributed by atoms with E-state index in [4.69, 9.17) is 4.74 Å². The molecule has 2 aromatic rings. The average Bonchev–Trinajstić information content (AvgIpc) is 2.43. The lowest BCUT2D eigenvalue weighted by molar-refractivity contribution is 0.410.